The highest BCUT2D eigenvalue weighted by Crippen LogP contribution is 2.30. The third-order valence-corrected chi connectivity index (χ3v) is 3.20. The topological polar surface area (TPSA) is 48.9 Å². The zero-order chi connectivity index (χ0) is 13.4. The number of rotatable bonds is 2. The number of aromatic nitrogens is 2. The van der Waals surface area contributed by atoms with Gasteiger partial charge in [0.15, 0.2) is 0 Å². The van der Waals surface area contributed by atoms with Crippen LogP contribution in [0.15, 0.2) is 42.7 Å². The summed E-state index contributed by atoms with van der Waals surface area (Å²) >= 11 is 0. The molecule has 2 N–H and O–H groups in total. The van der Waals surface area contributed by atoms with E-state index >= 15 is 0 Å². The molecule has 1 atom stereocenters. The SMILES string of the molecule is CC(O)c1ccc(F)cc1-c1ccc2[nH]cnc2c1. The fraction of sp³-hybridized carbons (Fsp3) is 0.133. The van der Waals surface area contributed by atoms with Crippen LogP contribution < -0.4 is 0 Å². The molecule has 0 aliphatic heterocycles. The summed E-state index contributed by atoms with van der Waals surface area (Å²) in [6.45, 7) is 1.67. The quantitative estimate of drug-likeness (QED) is 0.738. The molecule has 0 radical (unpaired) electrons. The molecule has 1 heterocycles. The van der Waals surface area contributed by atoms with Crippen LogP contribution in [0.2, 0.25) is 0 Å². The Balaban J connectivity index is 2.21. The summed E-state index contributed by atoms with van der Waals surface area (Å²) in [4.78, 5) is 7.20. The highest BCUT2D eigenvalue weighted by atomic mass is 19.1. The minimum atomic E-state index is -0.648. The number of hydrogen-bond acceptors (Lipinski definition) is 2. The number of nitrogens with zero attached hydrogens (tertiary/aromatic N) is 1. The largest absolute Gasteiger partial charge is 0.389 e. The molecule has 0 saturated carbocycles. The molecular formula is C15H13FN2O. The van der Waals surface area contributed by atoms with Crippen LogP contribution in [0.25, 0.3) is 22.2 Å². The van der Waals surface area contributed by atoms with E-state index in [1.54, 1.807) is 19.3 Å². The lowest BCUT2D eigenvalue weighted by Gasteiger charge is -2.12. The van der Waals surface area contributed by atoms with E-state index in [1.165, 1.54) is 12.1 Å². The Morgan fingerprint density at radius 3 is 2.84 bits per heavy atom. The lowest BCUT2D eigenvalue weighted by atomic mass is 9.96. The molecule has 19 heavy (non-hydrogen) atoms. The zero-order valence-electron chi connectivity index (χ0n) is 10.4. The van der Waals surface area contributed by atoms with Crippen molar-refractivity contribution in [2.75, 3.05) is 0 Å². The third-order valence-electron chi connectivity index (χ3n) is 3.20. The van der Waals surface area contributed by atoms with Crippen molar-refractivity contribution < 1.29 is 9.50 Å². The summed E-state index contributed by atoms with van der Waals surface area (Å²) < 4.78 is 13.4. The minimum absolute atomic E-state index is 0.318. The van der Waals surface area contributed by atoms with Crippen LogP contribution in [-0.2, 0) is 0 Å². The summed E-state index contributed by atoms with van der Waals surface area (Å²) in [5.74, 6) is -0.318. The van der Waals surface area contributed by atoms with E-state index in [0.717, 1.165) is 16.6 Å². The molecule has 0 aliphatic carbocycles. The van der Waals surface area contributed by atoms with Crippen molar-refractivity contribution >= 4 is 11.0 Å². The van der Waals surface area contributed by atoms with Crippen LogP contribution >= 0.6 is 0 Å². The third kappa shape index (κ3) is 2.11. The highest BCUT2D eigenvalue weighted by molar-refractivity contribution is 5.82. The normalized spacial score (nSPS) is 12.8. The van der Waals surface area contributed by atoms with Gasteiger partial charge in [0.1, 0.15) is 5.82 Å². The molecule has 4 heteroatoms. The first-order valence-corrected chi connectivity index (χ1v) is 6.06. The van der Waals surface area contributed by atoms with Gasteiger partial charge in [0.2, 0.25) is 0 Å². The highest BCUT2D eigenvalue weighted by Gasteiger charge is 2.11. The summed E-state index contributed by atoms with van der Waals surface area (Å²) in [7, 11) is 0. The Hall–Kier alpha value is -2.20. The molecule has 3 rings (SSSR count). The van der Waals surface area contributed by atoms with Crippen molar-refractivity contribution in [3.8, 4) is 11.1 Å². The van der Waals surface area contributed by atoms with Gasteiger partial charge in [-0.05, 0) is 47.9 Å². The van der Waals surface area contributed by atoms with Gasteiger partial charge in [-0.25, -0.2) is 9.37 Å². The number of aliphatic hydroxyl groups is 1. The fourth-order valence-corrected chi connectivity index (χ4v) is 2.24. The van der Waals surface area contributed by atoms with Gasteiger partial charge >= 0.3 is 0 Å². The smallest absolute Gasteiger partial charge is 0.123 e. The second-order valence-corrected chi connectivity index (χ2v) is 4.54. The predicted molar refractivity (Wildman–Crippen MR) is 72.1 cm³/mol. The van der Waals surface area contributed by atoms with Crippen LogP contribution in [0.1, 0.15) is 18.6 Å². The number of hydrogen-bond donors (Lipinski definition) is 2. The molecule has 0 saturated heterocycles. The van der Waals surface area contributed by atoms with E-state index in [1.807, 2.05) is 18.2 Å². The first kappa shape index (κ1) is 11.9. The molecular weight excluding hydrogens is 243 g/mol. The zero-order valence-corrected chi connectivity index (χ0v) is 10.4. The Morgan fingerprint density at radius 1 is 1.21 bits per heavy atom. The van der Waals surface area contributed by atoms with Crippen molar-refractivity contribution in [1.29, 1.82) is 0 Å². The van der Waals surface area contributed by atoms with E-state index in [-0.39, 0.29) is 5.82 Å². The van der Waals surface area contributed by atoms with Gasteiger partial charge in [0.05, 0.1) is 23.5 Å². The van der Waals surface area contributed by atoms with E-state index in [2.05, 4.69) is 9.97 Å². The molecule has 0 fully saturated rings. The number of imidazole rings is 1. The summed E-state index contributed by atoms with van der Waals surface area (Å²) in [5, 5.41) is 9.79. The summed E-state index contributed by atoms with van der Waals surface area (Å²) in [6, 6.07) is 10.1. The molecule has 0 aliphatic rings. The first-order valence-electron chi connectivity index (χ1n) is 6.06. The van der Waals surface area contributed by atoms with E-state index in [0.29, 0.717) is 11.1 Å². The van der Waals surface area contributed by atoms with E-state index < -0.39 is 6.10 Å². The maximum atomic E-state index is 13.4. The second-order valence-electron chi connectivity index (χ2n) is 4.54. The van der Waals surface area contributed by atoms with E-state index in [4.69, 9.17) is 0 Å². The second kappa shape index (κ2) is 4.48. The van der Waals surface area contributed by atoms with Gasteiger partial charge in [-0.2, -0.15) is 0 Å². The lowest BCUT2D eigenvalue weighted by molar-refractivity contribution is 0.200. The molecule has 0 bridgehead atoms. The van der Waals surface area contributed by atoms with Crippen molar-refractivity contribution in [2.45, 2.75) is 13.0 Å². The van der Waals surface area contributed by atoms with Gasteiger partial charge in [-0.1, -0.05) is 12.1 Å². The van der Waals surface area contributed by atoms with Crippen molar-refractivity contribution in [3.05, 3.63) is 54.1 Å². The van der Waals surface area contributed by atoms with Gasteiger partial charge < -0.3 is 10.1 Å². The average Bonchev–Trinajstić information content (AvgIpc) is 2.85. The minimum Gasteiger partial charge on any atom is -0.389 e. The van der Waals surface area contributed by atoms with E-state index in [9.17, 15) is 9.50 Å². The molecule has 3 aromatic rings. The van der Waals surface area contributed by atoms with Gasteiger partial charge in [0.25, 0.3) is 0 Å². The molecule has 3 nitrogen and oxygen atoms in total. The van der Waals surface area contributed by atoms with Crippen LogP contribution in [-0.4, -0.2) is 15.1 Å². The number of halogens is 1. The van der Waals surface area contributed by atoms with Gasteiger partial charge in [-0.15, -0.1) is 0 Å². The molecule has 96 valence electrons. The standard InChI is InChI=1S/C15H13FN2O/c1-9(19)12-4-3-11(16)7-13(12)10-2-5-14-15(6-10)18-8-17-14/h2-9,19H,1H3,(H,17,18). The van der Waals surface area contributed by atoms with Crippen LogP contribution in [0.3, 0.4) is 0 Å². The fourth-order valence-electron chi connectivity index (χ4n) is 2.24. The van der Waals surface area contributed by atoms with Crippen molar-refractivity contribution in [2.24, 2.45) is 0 Å². The monoisotopic (exact) mass is 256 g/mol. The molecule has 0 amide bonds. The number of aliphatic hydroxyl groups excluding tert-OH is 1. The number of fused-ring (bicyclic) bond motifs is 1. The maximum Gasteiger partial charge on any atom is 0.123 e. The van der Waals surface area contributed by atoms with Gasteiger partial charge in [0, 0.05) is 0 Å². The Morgan fingerprint density at radius 2 is 2.05 bits per heavy atom. The first-order chi connectivity index (χ1) is 9.15. The Bertz CT molecular complexity index is 734. The number of nitrogens with one attached hydrogen (secondary N) is 1. The van der Waals surface area contributed by atoms with Crippen LogP contribution in [0, 0.1) is 5.82 Å². The molecule has 2 aromatic carbocycles. The number of benzene rings is 2. The lowest BCUT2D eigenvalue weighted by Crippen LogP contribution is -1.96. The molecule has 1 aromatic heterocycles. The Labute approximate surface area is 109 Å². The van der Waals surface area contributed by atoms with Crippen LogP contribution in [0.4, 0.5) is 4.39 Å². The summed E-state index contributed by atoms with van der Waals surface area (Å²) in [5.41, 5.74) is 3.99. The van der Waals surface area contributed by atoms with Crippen molar-refractivity contribution in [3.63, 3.8) is 0 Å². The predicted octanol–water partition coefficient (Wildman–Crippen LogP) is 3.42. The average molecular weight is 256 g/mol. The number of aromatic amines is 1. The van der Waals surface area contributed by atoms with Crippen LogP contribution in [0.5, 0.6) is 0 Å². The maximum absolute atomic E-state index is 13.4. The molecule has 0 spiro atoms. The number of H-pyrrole nitrogens is 1. The van der Waals surface area contributed by atoms with Gasteiger partial charge in [-0.3, -0.25) is 0 Å². The van der Waals surface area contributed by atoms with Crippen molar-refractivity contribution in [1.82, 2.24) is 9.97 Å². The Kier molecular flexibility index (Phi) is 2.80. The molecule has 1 unspecified atom stereocenters. The summed E-state index contributed by atoms with van der Waals surface area (Å²) in [6.07, 6.45) is 0.973.